The van der Waals surface area contributed by atoms with Gasteiger partial charge in [0, 0.05) is 5.69 Å². The quantitative estimate of drug-likeness (QED) is 0.641. The first-order valence-corrected chi connectivity index (χ1v) is 10.3. The van der Waals surface area contributed by atoms with Crippen molar-refractivity contribution >= 4 is 50.2 Å². The average Bonchev–Trinajstić information content (AvgIpc) is 3.13. The Balaban J connectivity index is 1.89. The van der Waals surface area contributed by atoms with Crippen LogP contribution in [0.25, 0.3) is 0 Å². The normalized spacial score (nSPS) is 11.2. The second-order valence-electron chi connectivity index (χ2n) is 5.50. The lowest BCUT2D eigenvalue weighted by Crippen LogP contribution is -2.16. The maximum atomic E-state index is 12.8. The van der Waals surface area contributed by atoms with Crippen LogP contribution in [-0.4, -0.2) is 14.3 Å². The van der Waals surface area contributed by atoms with E-state index in [2.05, 4.69) is 10.0 Å². The number of carbonyl (C=O) groups is 1. The first kappa shape index (κ1) is 18.4. The molecule has 0 atom stereocenters. The molecule has 0 aliphatic carbocycles. The summed E-state index contributed by atoms with van der Waals surface area (Å²) < 4.78 is 28.0. The van der Waals surface area contributed by atoms with Crippen LogP contribution in [0.3, 0.4) is 0 Å². The molecule has 8 heteroatoms. The van der Waals surface area contributed by atoms with Crippen LogP contribution in [0.2, 0.25) is 5.02 Å². The molecule has 3 rings (SSSR count). The van der Waals surface area contributed by atoms with Crippen molar-refractivity contribution < 1.29 is 13.2 Å². The molecule has 0 aliphatic heterocycles. The largest absolute Gasteiger partial charge is 0.321 e. The first-order chi connectivity index (χ1) is 12.4. The molecule has 0 unspecified atom stereocenters. The lowest BCUT2D eigenvalue weighted by atomic mass is 10.2. The van der Waals surface area contributed by atoms with Gasteiger partial charge >= 0.3 is 0 Å². The summed E-state index contributed by atoms with van der Waals surface area (Å²) in [5, 5.41) is 4.81. The molecule has 0 spiro atoms. The molecule has 2 N–H and O–H groups in total. The Morgan fingerprint density at radius 3 is 2.54 bits per heavy atom. The third kappa shape index (κ3) is 4.07. The molecule has 0 bridgehead atoms. The number of thiophene rings is 1. The molecule has 2 aromatic carbocycles. The van der Waals surface area contributed by atoms with Crippen molar-refractivity contribution in [2.24, 2.45) is 0 Å². The highest BCUT2D eigenvalue weighted by Crippen LogP contribution is 2.27. The third-order valence-electron chi connectivity index (χ3n) is 3.60. The Kier molecular flexibility index (Phi) is 5.31. The van der Waals surface area contributed by atoms with Gasteiger partial charge in [-0.3, -0.25) is 9.52 Å². The Morgan fingerprint density at radius 1 is 1.08 bits per heavy atom. The van der Waals surface area contributed by atoms with Gasteiger partial charge < -0.3 is 5.32 Å². The fourth-order valence-corrected chi connectivity index (χ4v) is 4.52. The SMILES string of the molecule is Cc1ccc(NC(=O)c2cccs2)cc1S(=O)(=O)Nc1ccccc1Cl. The molecular weight excluding hydrogens is 392 g/mol. The summed E-state index contributed by atoms with van der Waals surface area (Å²) in [6, 6.07) is 14.8. The van der Waals surface area contributed by atoms with E-state index in [9.17, 15) is 13.2 Å². The maximum Gasteiger partial charge on any atom is 0.265 e. The highest BCUT2D eigenvalue weighted by Gasteiger charge is 2.19. The molecule has 3 aromatic rings. The van der Waals surface area contributed by atoms with Crippen molar-refractivity contribution in [1.29, 1.82) is 0 Å². The topological polar surface area (TPSA) is 75.3 Å². The van der Waals surface area contributed by atoms with E-state index >= 15 is 0 Å². The minimum Gasteiger partial charge on any atom is -0.321 e. The van der Waals surface area contributed by atoms with Crippen LogP contribution in [0, 0.1) is 6.92 Å². The molecule has 0 aliphatic rings. The molecule has 26 heavy (non-hydrogen) atoms. The summed E-state index contributed by atoms with van der Waals surface area (Å²) >= 11 is 7.34. The molecule has 1 aromatic heterocycles. The number of para-hydroxylation sites is 1. The van der Waals surface area contributed by atoms with Crippen molar-refractivity contribution in [1.82, 2.24) is 0 Å². The number of halogens is 1. The predicted octanol–water partition coefficient (Wildman–Crippen LogP) is 4.76. The van der Waals surface area contributed by atoms with E-state index in [0.29, 0.717) is 26.8 Å². The third-order valence-corrected chi connectivity index (χ3v) is 6.30. The van der Waals surface area contributed by atoms with Crippen LogP contribution in [-0.2, 0) is 10.0 Å². The van der Waals surface area contributed by atoms with Crippen molar-refractivity contribution in [3.8, 4) is 0 Å². The van der Waals surface area contributed by atoms with Crippen molar-refractivity contribution in [3.05, 3.63) is 75.4 Å². The van der Waals surface area contributed by atoms with Crippen LogP contribution in [0.5, 0.6) is 0 Å². The number of nitrogens with one attached hydrogen (secondary N) is 2. The lowest BCUT2D eigenvalue weighted by Gasteiger charge is -2.13. The maximum absolute atomic E-state index is 12.8. The number of rotatable bonds is 5. The Bertz CT molecular complexity index is 1050. The number of hydrogen-bond acceptors (Lipinski definition) is 4. The zero-order chi connectivity index (χ0) is 18.7. The molecule has 0 fully saturated rings. The van der Waals surface area contributed by atoms with E-state index in [0.717, 1.165) is 0 Å². The van der Waals surface area contributed by atoms with Gasteiger partial charge in [0.05, 0.1) is 20.5 Å². The zero-order valence-corrected chi connectivity index (χ0v) is 16.1. The molecule has 134 valence electrons. The number of amides is 1. The summed E-state index contributed by atoms with van der Waals surface area (Å²) in [5.41, 5.74) is 1.24. The second kappa shape index (κ2) is 7.49. The van der Waals surface area contributed by atoms with Gasteiger partial charge in [-0.05, 0) is 48.2 Å². The molecular formula is C18H15ClN2O3S2. The van der Waals surface area contributed by atoms with Gasteiger partial charge in [0.2, 0.25) is 0 Å². The number of sulfonamides is 1. The van der Waals surface area contributed by atoms with Crippen LogP contribution < -0.4 is 10.0 Å². The molecule has 1 heterocycles. The number of carbonyl (C=O) groups excluding carboxylic acids is 1. The van der Waals surface area contributed by atoms with Gasteiger partial charge in [-0.1, -0.05) is 35.9 Å². The van der Waals surface area contributed by atoms with Crippen molar-refractivity contribution in [2.75, 3.05) is 10.0 Å². The van der Waals surface area contributed by atoms with E-state index in [-0.39, 0.29) is 10.8 Å². The highest BCUT2D eigenvalue weighted by molar-refractivity contribution is 7.92. The molecule has 1 amide bonds. The van der Waals surface area contributed by atoms with Crippen LogP contribution in [0.4, 0.5) is 11.4 Å². The molecule has 5 nitrogen and oxygen atoms in total. The Hall–Kier alpha value is -2.35. The number of anilines is 2. The first-order valence-electron chi connectivity index (χ1n) is 7.60. The minimum absolute atomic E-state index is 0.0707. The molecule has 0 saturated carbocycles. The highest BCUT2D eigenvalue weighted by atomic mass is 35.5. The van der Waals surface area contributed by atoms with Gasteiger partial charge in [-0.2, -0.15) is 0 Å². The van der Waals surface area contributed by atoms with E-state index in [1.165, 1.54) is 17.4 Å². The fraction of sp³-hybridized carbons (Fsp3) is 0.0556. The lowest BCUT2D eigenvalue weighted by molar-refractivity contribution is 0.103. The van der Waals surface area contributed by atoms with Crippen molar-refractivity contribution in [2.45, 2.75) is 11.8 Å². The van der Waals surface area contributed by atoms with Crippen LogP contribution >= 0.6 is 22.9 Å². The zero-order valence-electron chi connectivity index (χ0n) is 13.7. The van der Waals surface area contributed by atoms with Gasteiger partial charge in [-0.25, -0.2) is 8.42 Å². The van der Waals surface area contributed by atoms with E-state index in [4.69, 9.17) is 11.6 Å². The van der Waals surface area contributed by atoms with Gasteiger partial charge in [0.15, 0.2) is 0 Å². The summed E-state index contributed by atoms with van der Waals surface area (Å²) in [6.45, 7) is 1.69. The standard InChI is InChI=1S/C18H15ClN2O3S2/c1-12-8-9-13(20-18(22)16-7-4-10-25-16)11-17(12)26(23,24)21-15-6-3-2-5-14(15)19/h2-11,21H,1H3,(H,20,22). The smallest absolute Gasteiger partial charge is 0.265 e. The minimum atomic E-state index is -3.86. The summed E-state index contributed by atoms with van der Waals surface area (Å²) in [4.78, 5) is 12.8. The Morgan fingerprint density at radius 2 is 1.85 bits per heavy atom. The van der Waals surface area contributed by atoms with E-state index < -0.39 is 10.0 Å². The van der Waals surface area contributed by atoms with Gasteiger partial charge in [-0.15, -0.1) is 11.3 Å². The second-order valence-corrected chi connectivity index (χ2v) is 8.50. The molecule has 0 radical (unpaired) electrons. The van der Waals surface area contributed by atoms with Gasteiger partial charge in [0.25, 0.3) is 15.9 Å². The summed E-state index contributed by atoms with van der Waals surface area (Å²) in [6.07, 6.45) is 0. The van der Waals surface area contributed by atoms with Gasteiger partial charge in [0.1, 0.15) is 0 Å². The van der Waals surface area contributed by atoms with E-state index in [1.54, 1.807) is 60.8 Å². The summed E-state index contributed by atoms with van der Waals surface area (Å²) in [5.74, 6) is -0.286. The Labute approximate surface area is 160 Å². The van der Waals surface area contributed by atoms with Crippen LogP contribution in [0.15, 0.2) is 64.9 Å². The number of hydrogen-bond donors (Lipinski definition) is 2. The van der Waals surface area contributed by atoms with Crippen molar-refractivity contribution in [3.63, 3.8) is 0 Å². The number of aryl methyl sites for hydroxylation is 1. The van der Waals surface area contributed by atoms with Crippen LogP contribution in [0.1, 0.15) is 15.2 Å². The monoisotopic (exact) mass is 406 g/mol. The molecule has 0 saturated heterocycles. The number of benzene rings is 2. The summed E-state index contributed by atoms with van der Waals surface area (Å²) in [7, 11) is -3.86. The van der Waals surface area contributed by atoms with E-state index in [1.807, 2.05) is 0 Å². The fourth-order valence-electron chi connectivity index (χ4n) is 2.31. The predicted molar refractivity (Wildman–Crippen MR) is 106 cm³/mol. The average molecular weight is 407 g/mol.